The van der Waals surface area contributed by atoms with Crippen LogP contribution in [0.25, 0.3) is 10.9 Å². The first kappa shape index (κ1) is 14.1. The van der Waals surface area contributed by atoms with Crippen molar-refractivity contribution < 1.29 is 4.79 Å². The van der Waals surface area contributed by atoms with Gasteiger partial charge in [0.05, 0.1) is 6.04 Å². The van der Waals surface area contributed by atoms with E-state index in [1.807, 2.05) is 24.4 Å². The number of nitrogens with one attached hydrogen (secondary N) is 2. The van der Waals surface area contributed by atoms with E-state index in [9.17, 15) is 4.79 Å². The fourth-order valence-corrected chi connectivity index (χ4v) is 2.77. The van der Waals surface area contributed by atoms with Gasteiger partial charge in [-0.25, -0.2) is 0 Å². The minimum Gasteiger partial charge on any atom is -0.361 e. The highest BCUT2D eigenvalue weighted by Gasteiger charge is 2.20. The van der Waals surface area contributed by atoms with Crippen LogP contribution < -0.4 is 11.1 Å². The van der Waals surface area contributed by atoms with Crippen LogP contribution in [-0.2, 0) is 11.2 Å². The van der Waals surface area contributed by atoms with Gasteiger partial charge in [0.15, 0.2) is 0 Å². The smallest absolute Gasteiger partial charge is 0.237 e. The quantitative estimate of drug-likeness (QED) is 0.683. The molecule has 112 valence electrons. The van der Waals surface area contributed by atoms with E-state index < -0.39 is 6.04 Å². The van der Waals surface area contributed by atoms with E-state index in [0.29, 0.717) is 6.42 Å². The van der Waals surface area contributed by atoms with E-state index in [0.717, 1.165) is 35.3 Å². The molecule has 4 nitrogen and oxygen atoms in total. The summed E-state index contributed by atoms with van der Waals surface area (Å²) < 4.78 is 0. The highest BCUT2D eigenvalue weighted by molar-refractivity contribution is 5.86. The highest BCUT2D eigenvalue weighted by Crippen LogP contribution is 2.33. The third-order valence-corrected chi connectivity index (χ3v) is 4.24. The first-order valence-corrected chi connectivity index (χ1v) is 7.82. The summed E-state index contributed by atoms with van der Waals surface area (Å²) in [5.41, 5.74) is 8.22. The second-order valence-corrected chi connectivity index (χ2v) is 6.05. The molecule has 1 atom stereocenters. The summed E-state index contributed by atoms with van der Waals surface area (Å²) in [6.07, 6.45) is 7.56. The number of hydrogen-bond donors (Lipinski definition) is 3. The highest BCUT2D eigenvalue weighted by atomic mass is 16.2. The van der Waals surface area contributed by atoms with Gasteiger partial charge in [-0.1, -0.05) is 31.0 Å². The third kappa shape index (κ3) is 3.64. The van der Waals surface area contributed by atoms with Crippen LogP contribution in [0.2, 0.25) is 0 Å². The van der Waals surface area contributed by atoms with Crippen molar-refractivity contribution in [1.82, 2.24) is 10.3 Å². The summed E-state index contributed by atoms with van der Waals surface area (Å²) >= 11 is 0. The molecule has 0 saturated heterocycles. The maximum Gasteiger partial charge on any atom is 0.237 e. The van der Waals surface area contributed by atoms with E-state index in [4.69, 9.17) is 5.73 Å². The van der Waals surface area contributed by atoms with Gasteiger partial charge in [0.25, 0.3) is 0 Å². The monoisotopic (exact) mass is 285 g/mol. The Labute approximate surface area is 125 Å². The topological polar surface area (TPSA) is 70.9 Å². The predicted molar refractivity (Wildman–Crippen MR) is 84.9 cm³/mol. The van der Waals surface area contributed by atoms with Crippen molar-refractivity contribution >= 4 is 16.8 Å². The maximum atomic E-state index is 12.0. The van der Waals surface area contributed by atoms with Gasteiger partial charge in [0, 0.05) is 23.6 Å². The molecular formula is C17H23N3O. The van der Waals surface area contributed by atoms with Crippen LogP contribution in [0.3, 0.4) is 0 Å². The first-order valence-electron chi connectivity index (χ1n) is 7.82. The second-order valence-electron chi connectivity index (χ2n) is 6.05. The summed E-state index contributed by atoms with van der Waals surface area (Å²) in [6.45, 7) is 0.747. The van der Waals surface area contributed by atoms with Gasteiger partial charge in [-0.05, 0) is 36.8 Å². The number of amides is 1. The number of H-pyrrole nitrogens is 1. The van der Waals surface area contributed by atoms with Crippen LogP contribution in [0.4, 0.5) is 0 Å². The standard InChI is InChI=1S/C17H23N3O/c18-15(17(21)19-9-3-4-12-7-8-12)10-13-11-20-16-6-2-1-5-14(13)16/h1-2,5-6,11-12,15,20H,3-4,7-10,18H2,(H,19,21)/t15-/m1/s1. The third-order valence-electron chi connectivity index (χ3n) is 4.24. The molecule has 1 aliphatic carbocycles. The lowest BCUT2D eigenvalue weighted by atomic mass is 10.1. The summed E-state index contributed by atoms with van der Waals surface area (Å²) in [7, 11) is 0. The average Bonchev–Trinajstić information content (AvgIpc) is 3.24. The number of aromatic amines is 1. The molecule has 0 radical (unpaired) electrons. The van der Waals surface area contributed by atoms with E-state index in [2.05, 4.69) is 16.4 Å². The summed E-state index contributed by atoms with van der Waals surface area (Å²) in [4.78, 5) is 15.2. The van der Waals surface area contributed by atoms with E-state index in [1.54, 1.807) is 0 Å². The lowest BCUT2D eigenvalue weighted by molar-refractivity contribution is -0.122. The fraction of sp³-hybridized carbons (Fsp3) is 0.471. The van der Waals surface area contributed by atoms with Crippen molar-refractivity contribution in [2.24, 2.45) is 11.7 Å². The number of para-hydroxylation sites is 1. The van der Waals surface area contributed by atoms with E-state index in [-0.39, 0.29) is 5.91 Å². The molecule has 0 bridgehead atoms. The molecule has 1 saturated carbocycles. The predicted octanol–water partition coefficient (Wildman–Crippen LogP) is 2.34. The summed E-state index contributed by atoms with van der Waals surface area (Å²) in [5, 5.41) is 4.10. The van der Waals surface area contributed by atoms with Gasteiger partial charge in [0.2, 0.25) is 5.91 Å². The molecule has 1 aromatic heterocycles. The molecule has 3 rings (SSSR count). The Kier molecular flexibility index (Phi) is 4.25. The fourth-order valence-electron chi connectivity index (χ4n) is 2.77. The summed E-state index contributed by atoms with van der Waals surface area (Å²) in [6, 6.07) is 7.60. The van der Waals surface area contributed by atoms with Crippen LogP contribution >= 0.6 is 0 Å². The number of aromatic nitrogens is 1. The average molecular weight is 285 g/mol. The molecule has 1 aliphatic rings. The molecular weight excluding hydrogens is 262 g/mol. The Morgan fingerprint density at radius 2 is 2.19 bits per heavy atom. The first-order chi connectivity index (χ1) is 10.2. The molecule has 21 heavy (non-hydrogen) atoms. The Balaban J connectivity index is 1.50. The van der Waals surface area contributed by atoms with Crippen molar-refractivity contribution in [2.75, 3.05) is 6.54 Å². The van der Waals surface area contributed by atoms with Gasteiger partial charge in [0.1, 0.15) is 0 Å². The van der Waals surface area contributed by atoms with Gasteiger partial charge in [-0.15, -0.1) is 0 Å². The molecule has 4 N–H and O–H groups in total. The van der Waals surface area contributed by atoms with Crippen LogP contribution in [-0.4, -0.2) is 23.5 Å². The normalized spacial score (nSPS) is 16.0. The lowest BCUT2D eigenvalue weighted by Crippen LogP contribution is -2.42. The zero-order chi connectivity index (χ0) is 14.7. The number of benzene rings is 1. The maximum absolute atomic E-state index is 12.0. The van der Waals surface area contributed by atoms with Gasteiger partial charge < -0.3 is 16.0 Å². The van der Waals surface area contributed by atoms with E-state index >= 15 is 0 Å². The number of carbonyl (C=O) groups is 1. The molecule has 1 amide bonds. The summed E-state index contributed by atoms with van der Waals surface area (Å²) in [5.74, 6) is 0.873. The van der Waals surface area contributed by atoms with Crippen LogP contribution in [0.15, 0.2) is 30.5 Å². The van der Waals surface area contributed by atoms with Crippen molar-refractivity contribution in [1.29, 1.82) is 0 Å². The van der Waals surface area contributed by atoms with Gasteiger partial charge >= 0.3 is 0 Å². The van der Waals surface area contributed by atoms with Crippen molar-refractivity contribution in [2.45, 2.75) is 38.1 Å². The Morgan fingerprint density at radius 3 is 3.00 bits per heavy atom. The number of carbonyl (C=O) groups excluding carboxylic acids is 1. The molecule has 0 aliphatic heterocycles. The Hall–Kier alpha value is -1.81. The molecule has 4 heteroatoms. The zero-order valence-electron chi connectivity index (χ0n) is 12.3. The number of rotatable bonds is 7. The molecule has 2 aromatic rings. The second kappa shape index (κ2) is 6.31. The number of fused-ring (bicyclic) bond motifs is 1. The largest absolute Gasteiger partial charge is 0.361 e. The Bertz CT molecular complexity index is 615. The minimum absolute atomic E-state index is 0.0453. The Morgan fingerprint density at radius 1 is 1.38 bits per heavy atom. The molecule has 1 fully saturated rings. The van der Waals surface area contributed by atoms with Crippen molar-refractivity contribution in [3.8, 4) is 0 Å². The number of hydrogen-bond acceptors (Lipinski definition) is 2. The van der Waals surface area contributed by atoms with Gasteiger partial charge in [-0.3, -0.25) is 4.79 Å². The van der Waals surface area contributed by atoms with Crippen molar-refractivity contribution in [3.05, 3.63) is 36.0 Å². The van der Waals surface area contributed by atoms with Crippen LogP contribution in [0, 0.1) is 5.92 Å². The van der Waals surface area contributed by atoms with Crippen molar-refractivity contribution in [3.63, 3.8) is 0 Å². The SMILES string of the molecule is N[C@H](Cc1c[nH]c2ccccc12)C(=O)NCCCC1CC1. The molecule has 1 aromatic carbocycles. The van der Waals surface area contributed by atoms with Crippen LogP contribution in [0.1, 0.15) is 31.2 Å². The lowest BCUT2D eigenvalue weighted by Gasteiger charge is -2.11. The number of nitrogens with two attached hydrogens (primary N) is 1. The van der Waals surface area contributed by atoms with Gasteiger partial charge in [-0.2, -0.15) is 0 Å². The molecule has 0 unspecified atom stereocenters. The molecule has 0 spiro atoms. The zero-order valence-corrected chi connectivity index (χ0v) is 12.3. The minimum atomic E-state index is -0.481. The van der Waals surface area contributed by atoms with Crippen LogP contribution in [0.5, 0.6) is 0 Å². The molecule has 1 heterocycles. The van der Waals surface area contributed by atoms with E-state index in [1.165, 1.54) is 19.3 Å².